The first kappa shape index (κ1) is 19.3. The average Bonchev–Trinajstić information content (AvgIpc) is 2.69. The lowest BCUT2D eigenvalue weighted by atomic mass is 10.2. The maximum absolute atomic E-state index is 12.8. The van der Waals surface area contributed by atoms with Crippen LogP contribution in [0.15, 0.2) is 67.0 Å². The fourth-order valence-electron chi connectivity index (χ4n) is 2.61. The largest absolute Gasteiger partial charge is 0.416 e. The highest BCUT2D eigenvalue weighted by atomic mass is 19.4. The Morgan fingerprint density at radius 2 is 1.79 bits per heavy atom. The van der Waals surface area contributed by atoms with Crippen molar-refractivity contribution in [2.24, 2.45) is 0 Å². The van der Waals surface area contributed by atoms with Crippen molar-refractivity contribution in [1.29, 1.82) is 0 Å². The van der Waals surface area contributed by atoms with Crippen LogP contribution in [0.25, 0.3) is 0 Å². The number of halogens is 3. The van der Waals surface area contributed by atoms with Crippen LogP contribution in [0, 0.1) is 0 Å². The van der Waals surface area contributed by atoms with E-state index >= 15 is 0 Å². The number of hydrogen-bond acceptors (Lipinski definition) is 4. The molecule has 0 aliphatic rings. The van der Waals surface area contributed by atoms with Gasteiger partial charge in [0.25, 0.3) is 5.91 Å². The van der Waals surface area contributed by atoms with Gasteiger partial charge in [0, 0.05) is 17.9 Å². The van der Waals surface area contributed by atoms with Crippen molar-refractivity contribution in [2.75, 3.05) is 16.8 Å². The van der Waals surface area contributed by atoms with Crippen LogP contribution >= 0.6 is 0 Å². The van der Waals surface area contributed by atoms with E-state index in [0.717, 1.165) is 17.8 Å². The van der Waals surface area contributed by atoms with Gasteiger partial charge in [-0.15, -0.1) is 0 Å². The third-order valence-electron chi connectivity index (χ3n) is 3.96. The van der Waals surface area contributed by atoms with E-state index < -0.39 is 11.7 Å². The highest BCUT2D eigenvalue weighted by Crippen LogP contribution is 2.31. The standard InChI is InChI=1S/C20H17F3N4O/c1-2-27(16-9-4-3-5-10-16)19(28)17-12-25-18(13-24-17)26-15-8-6-7-14(11-15)20(21,22)23/h3-13H,2H2,1H3,(H,25,26). The summed E-state index contributed by atoms with van der Waals surface area (Å²) < 4.78 is 38.4. The SMILES string of the molecule is CCN(C(=O)c1cnc(Nc2cccc(C(F)(F)F)c2)cn1)c1ccccc1. The van der Waals surface area contributed by atoms with Crippen LogP contribution in [0.5, 0.6) is 0 Å². The van der Waals surface area contributed by atoms with Gasteiger partial charge in [-0.2, -0.15) is 13.2 Å². The minimum absolute atomic E-state index is 0.139. The average molecular weight is 386 g/mol. The molecule has 0 fully saturated rings. The van der Waals surface area contributed by atoms with Crippen LogP contribution in [0.1, 0.15) is 23.0 Å². The molecule has 2 aromatic carbocycles. The van der Waals surface area contributed by atoms with E-state index in [1.165, 1.54) is 24.5 Å². The van der Waals surface area contributed by atoms with E-state index in [9.17, 15) is 18.0 Å². The number of rotatable bonds is 5. The van der Waals surface area contributed by atoms with Crippen LogP contribution in [0.2, 0.25) is 0 Å². The summed E-state index contributed by atoms with van der Waals surface area (Å²) in [5.41, 5.74) is 0.338. The Labute approximate surface area is 159 Å². The second-order valence-corrected chi connectivity index (χ2v) is 5.88. The van der Waals surface area contributed by atoms with Crippen molar-refractivity contribution in [3.05, 3.63) is 78.2 Å². The molecule has 28 heavy (non-hydrogen) atoms. The van der Waals surface area contributed by atoms with Gasteiger partial charge < -0.3 is 10.2 Å². The normalized spacial score (nSPS) is 11.1. The number of carbonyl (C=O) groups excluding carboxylic acids is 1. The molecule has 0 saturated carbocycles. The molecule has 0 bridgehead atoms. The first-order valence-electron chi connectivity index (χ1n) is 8.51. The molecule has 0 aliphatic heterocycles. The zero-order valence-electron chi connectivity index (χ0n) is 14.9. The molecule has 0 unspecified atom stereocenters. The predicted octanol–water partition coefficient (Wildman–Crippen LogP) is 4.91. The minimum atomic E-state index is -4.43. The van der Waals surface area contributed by atoms with Crippen molar-refractivity contribution in [3.63, 3.8) is 0 Å². The molecular weight excluding hydrogens is 369 g/mol. The van der Waals surface area contributed by atoms with Crippen LogP contribution < -0.4 is 10.2 Å². The number of benzene rings is 2. The van der Waals surface area contributed by atoms with Crippen LogP contribution in [-0.2, 0) is 6.18 Å². The van der Waals surface area contributed by atoms with E-state index in [2.05, 4.69) is 15.3 Å². The predicted molar refractivity (Wildman–Crippen MR) is 101 cm³/mol. The molecular formula is C20H17F3N4O. The molecule has 8 heteroatoms. The summed E-state index contributed by atoms with van der Waals surface area (Å²) in [6, 6.07) is 13.9. The zero-order chi connectivity index (χ0) is 20.1. The fourth-order valence-corrected chi connectivity index (χ4v) is 2.61. The molecule has 1 amide bonds. The highest BCUT2D eigenvalue weighted by Gasteiger charge is 2.30. The maximum Gasteiger partial charge on any atom is 0.416 e. The van der Waals surface area contributed by atoms with Gasteiger partial charge in [-0.1, -0.05) is 24.3 Å². The second-order valence-electron chi connectivity index (χ2n) is 5.88. The number of para-hydroxylation sites is 1. The Kier molecular flexibility index (Phi) is 5.58. The number of aromatic nitrogens is 2. The molecule has 0 spiro atoms. The molecule has 144 valence electrons. The van der Waals surface area contributed by atoms with Crippen molar-refractivity contribution in [2.45, 2.75) is 13.1 Å². The van der Waals surface area contributed by atoms with E-state index in [4.69, 9.17) is 0 Å². The number of alkyl halides is 3. The Balaban J connectivity index is 1.76. The van der Waals surface area contributed by atoms with Crippen LogP contribution in [0.3, 0.4) is 0 Å². The highest BCUT2D eigenvalue weighted by molar-refractivity contribution is 6.04. The van der Waals surface area contributed by atoms with Gasteiger partial charge in [-0.3, -0.25) is 4.79 Å². The number of nitrogens with zero attached hydrogens (tertiary/aromatic N) is 3. The molecule has 0 aliphatic carbocycles. The summed E-state index contributed by atoms with van der Waals surface area (Å²) in [4.78, 5) is 22.4. The molecule has 1 N–H and O–H groups in total. The Hall–Kier alpha value is -3.42. The molecule has 1 heterocycles. The molecule has 0 atom stereocenters. The topological polar surface area (TPSA) is 58.1 Å². The Morgan fingerprint density at radius 1 is 1.04 bits per heavy atom. The van der Waals surface area contributed by atoms with Crippen molar-refractivity contribution >= 4 is 23.1 Å². The number of carbonyl (C=O) groups is 1. The molecule has 1 aromatic heterocycles. The lowest BCUT2D eigenvalue weighted by molar-refractivity contribution is -0.137. The van der Waals surface area contributed by atoms with Crippen molar-refractivity contribution < 1.29 is 18.0 Å². The first-order valence-corrected chi connectivity index (χ1v) is 8.51. The number of hydrogen-bond donors (Lipinski definition) is 1. The van der Waals surface area contributed by atoms with Gasteiger partial charge in [0.15, 0.2) is 0 Å². The summed E-state index contributed by atoms with van der Waals surface area (Å²) in [6.45, 7) is 2.30. The van der Waals surface area contributed by atoms with Crippen LogP contribution in [0.4, 0.5) is 30.4 Å². The van der Waals surface area contributed by atoms with E-state index in [1.807, 2.05) is 37.3 Å². The van der Waals surface area contributed by atoms with E-state index in [-0.39, 0.29) is 23.1 Å². The quantitative estimate of drug-likeness (QED) is 0.677. The lowest BCUT2D eigenvalue weighted by Gasteiger charge is -2.20. The van der Waals surface area contributed by atoms with Gasteiger partial charge >= 0.3 is 6.18 Å². The van der Waals surface area contributed by atoms with Crippen molar-refractivity contribution in [1.82, 2.24) is 9.97 Å². The first-order chi connectivity index (χ1) is 13.4. The van der Waals surface area contributed by atoms with E-state index in [1.54, 1.807) is 4.90 Å². The zero-order valence-corrected chi connectivity index (χ0v) is 14.9. The maximum atomic E-state index is 12.8. The van der Waals surface area contributed by atoms with Gasteiger partial charge in [0.1, 0.15) is 11.5 Å². The van der Waals surface area contributed by atoms with Gasteiger partial charge in [-0.05, 0) is 37.3 Å². The Bertz CT molecular complexity index is 944. The van der Waals surface area contributed by atoms with Crippen molar-refractivity contribution in [3.8, 4) is 0 Å². The summed E-state index contributed by atoms with van der Waals surface area (Å²) in [5, 5.41) is 2.76. The van der Waals surface area contributed by atoms with E-state index in [0.29, 0.717) is 6.54 Å². The van der Waals surface area contributed by atoms with Crippen LogP contribution in [-0.4, -0.2) is 22.4 Å². The molecule has 3 rings (SSSR count). The number of nitrogens with one attached hydrogen (secondary N) is 1. The van der Waals surface area contributed by atoms with Gasteiger partial charge in [-0.25, -0.2) is 9.97 Å². The second kappa shape index (κ2) is 8.08. The smallest absolute Gasteiger partial charge is 0.339 e. The third kappa shape index (κ3) is 4.46. The molecule has 3 aromatic rings. The summed E-state index contributed by atoms with van der Waals surface area (Å²) in [6.07, 6.45) is -1.82. The monoisotopic (exact) mass is 386 g/mol. The minimum Gasteiger partial charge on any atom is -0.339 e. The number of anilines is 3. The third-order valence-corrected chi connectivity index (χ3v) is 3.96. The lowest BCUT2D eigenvalue weighted by Crippen LogP contribution is -2.31. The molecule has 0 radical (unpaired) electrons. The fraction of sp³-hybridized carbons (Fsp3) is 0.150. The number of amides is 1. The Morgan fingerprint density at radius 3 is 2.39 bits per heavy atom. The van der Waals surface area contributed by atoms with Gasteiger partial charge in [0.2, 0.25) is 0 Å². The summed E-state index contributed by atoms with van der Waals surface area (Å²) in [7, 11) is 0. The molecule has 5 nitrogen and oxygen atoms in total. The summed E-state index contributed by atoms with van der Waals surface area (Å²) in [5.74, 6) is -0.0783. The van der Waals surface area contributed by atoms with Gasteiger partial charge in [0.05, 0.1) is 18.0 Å². The summed E-state index contributed by atoms with van der Waals surface area (Å²) >= 11 is 0. The molecule has 0 saturated heterocycles.